The van der Waals surface area contributed by atoms with Crippen molar-refractivity contribution in [2.75, 3.05) is 26.7 Å². The summed E-state index contributed by atoms with van der Waals surface area (Å²) in [5.74, 6) is -1.38. The average Bonchev–Trinajstić information content (AvgIpc) is 2.43. The number of carbonyl (C=O) groups excluding carboxylic acids is 1. The van der Waals surface area contributed by atoms with E-state index in [9.17, 15) is 13.6 Å². The zero-order chi connectivity index (χ0) is 14.5. The minimum Gasteiger partial charge on any atom is -0.375 e. The number of ether oxygens (including phenoxy) is 1. The number of nitrogens with one attached hydrogen (secondary N) is 1. The van der Waals surface area contributed by atoms with Crippen molar-refractivity contribution < 1.29 is 18.3 Å². The van der Waals surface area contributed by atoms with Crippen LogP contribution in [0.25, 0.3) is 0 Å². The Morgan fingerprint density at radius 1 is 1.50 bits per heavy atom. The van der Waals surface area contributed by atoms with Gasteiger partial charge in [0, 0.05) is 38.3 Å². The van der Waals surface area contributed by atoms with Gasteiger partial charge in [-0.2, -0.15) is 0 Å². The zero-order valence-corrected chi connectivity index (χ0v) is 11.4. The van der Waals surface area contributed by atoms with Crippen molar-refractivity contribution in [1.29, 1.82) is 0 Å². The Morgan fingerprint density at radius 3 is 2.95 bits per heavy atom. The third-order valence-corrected chi connectivity index (χ3v) is 3.26. The molecule has 1 heterocycles. The van der Waals surface area contributed by atoms with Crippen molar-refractivity contribution in [2.45, 2.75) is 19.1 Å². The molecule has 1 unspecified atom stereocenters. The van der Waals surface area contributed by atoms with Gasteiger partial charge in [0.15, 0.2) is 0 Å². The van der Waals surface area contributed by atoms with E-state index in [1.165, 1.54) is 17.0 Å². The zero-order valence-electron chi connectivity index (χ0n) is 11.4. The van der Waals surface area contributed by atoms with Crippen molar-refractivity contribution in [3.63, 3.8) is 0 Å². The van der Waals surface area contributed by atoms with Crippen molar-refractivity contribution >= 4 is 5.91 Å². The highest BCUT2D eigenvalue weighted by molar-refractivity contribution is 5.76. The molecule has 0 radical (unpaired) electrons. The summed E-state index contributed by atoms with van der Waals surface area (Å²) < 4.78 is 31.8. The lowest BCUT2D eigenvalue weighted by Crippen LogP contribution is -2.41. The lowest BCUT2D eigenvalue weighted by molar-refractivity contribution is -0.134. The Morgan fingerprint density at radius 2 is 2.30 bits per heavy atom. The maximum Gasteiger partial charge on any atom is 0.225 e. The number of halogens is 2. The molecule has 0 spiro atoms. The summed E-state index contributed by atoms with van der Waals surface area (Å²) in [6, 6.07) is 3.36. The summed E-state index contributed by atoms with van der Waals surface area (Å²) in [6.45, 7) is 2.14. The highest BCUT2D eigenvalue weighted by Crippen LogP contribution is 2.13. The van der Waals surface area contributed by atoms with Crippen LogP contribution in [0.5, 0.6) is 0 Å². The molecule has 1 N–H and O–H groups in total. The SMILES string of the molecule is CN(Cc1ccc(F)cc1F)C(=O)CC1CNCCO1. The van der Waals surface area contributed by atoms with Gasteiger partial charge in [0.25, 0.3) is 0 Å². The largest absolute Gasteiger partial charge is 0.375 e. The monoisotopic (exact) mass is 284 g/mol. The summed E-state index contributed by atoms with van der Waals surface area (Å²) in [6.07, 6.45) is 0.114. The second-order valence-electron chi connectivity index (χ2n) is 4.89. The van der Waals surface area contributed by atoms with E-state index in [2.05, 4.69) is 5.32 Å². The molecule has 0 aromatic heterocycles. The van der Waals surface area contributed by atoms with E-state index in [0.717, 1.165) is 12.6 Å². The Kier molecular flexibility index (Phi) is 5.03. The molecule has 1 amide bonds. The number of rotatable bonds is 4. The highest BCUT2D eigenvalue weighted by atomic mass is 19.1. The predicted molar refractivity (Wildman–Crippen MR) is 70.1 cm³/mol. The van der Waals surface area contributed by atoms with Gasteiger partial charge in [-0.1, -0.05) is 6.07 Å². The fourth-order valence-electron chi connectivity index (χ4n) is 2.10. The van der Waals surface area contributed by atoms with Crippen LogP contribution in [-0.2, 0) is 16.1 Å². The van der Waals surface area contributed by atoms with Crippen molar-refractivity contribution in [2.24, 2.45) is 0 Å². The minimum atomic E-state index is -0.639. The lowest BCUT2D eigenvalue weighted by Gasteiger charge is -2.25. The summed E-state index contributed by atoms with van der Waals surface area (Å²) in [4.78, 5) is 13.4. The molecule has 1 aromatic rings. The first-order chi connectivity index (χ1) is 9.56. The Labute approximate surface area is 116 Å². The van der Waals surface area contributed by atoms with Gasteiger partial charge in [-0.05, 0) is 6.07 Å². The Bertz CT molecular complexity index is 476. The normalized spacial score (nSPS) is 18.9. The molecule has 1 saturated heterocycles. The molecule has 0 aliphatic carbocycles. The summed E-state index contributed by atoms with van der Waals surface area (Å²) in [5.41, 5.74) is 0.296. The molecule has 2 rings (SSSR count). The van der Waals surface area contributed by atoms with Crippen LogP contribution in [-0.4, -0.2) is 43.7 Å². The first-order valence-electron chi connectivity index (χ1n) is 6.56. The third-order valence-electron chi connectivity index (χ3n) is 3.26. The van der Waals surface area contributed by atoms with E-state index < -0.39 is 11.6 Å². The molecule has 6 heteroatoms. The average molecular weight is 284 g/mol. The maximum absolute atomic E-state index is 13.5. The van der Waals surface area contributed by atoms with Crippen molar-refractivity contribution in [3.8, 4) is 0 Å². The number of morpholine rings is 1. The molecule has 4 nitrogen and oxygen atoms in total. The Balaban J connectivity index is 1.89. The second-order valence-corrected chi connectivity index (χ2v) is 4.89. The number of nitrogens with zero attached hydrogens (tertiary/aromatic N) is 1. The van der Waals surface area contributed by atoms with Gasteiger partial charge in [0.2, 0.25) is 5.91 Å². The van der Waals surface area contributed by atoms with Gasteiger partial charge in [-0.25, -0.2) is 8.78 Å². The summed E-state index contributed by atoms with van der Waals surface area (Å²) >= 11 is 0. The Hall–Kier alpha value is -1.53. The van der Waals surface area contributed by atoms with E-state index in [4.69, 9.17) is 4.74 Å². The number of hydrogen-bond acceptors (Lipinski definition) is 3. The van der Waals surface area contributed by atoms with E-state index in [1.54, 1.807) is 7.05 Å². The van der Waals surface area contributed by atoms with Crippen LogP contribution in [0.3, 0.4) is 0 Å². The molecule has 0 saturated carbocycles. The van der Waals surface area contributed by atoms with Crippen LogP contribution >= 0.6 is 0 Å². The molecule has 20 heavy (non-hydrogen) atoms. The predicted octanol–water partition coefficient (Wildman–Crippen LogP) is 1.30. The van der Waals surface area contributed by atoms with Crippen LogP contribution in [0.1, 0.15) is 12.0 Å². The van der Waals surface area contributed by atoms with Crippen molar-refractivity contribution in [3.05, 3.63) is 35.4 Å². The molecule has 1 aromatic carbocycles. The van der Waals surface area contributed by atoms with E-state index in [-0.39, 0.29) is 25.0 Å². The van der Waals surface area contributed by atoms with Crippen LogP contribution in [0, 0.1) is 11.6 Å². The molecule has 1 aliphatic heterocycles. The first kappa shape index (κ1) is 14.9. The number of hydrogen-bond donors (Lipinski definition) is 1. The molecule has 1 atom stereocenters. The summed E-state index contributed by atoms with van der Waals surface area (Å²) in [7, 11) is 1.60. The van der Waals surface area contributed by atoms with Crippen LogP contribution in [0.2, 0.25) is 0 Å². The standard InChI is InChI=1S/C14H18F2N2O2/c1-18(9-10-2-3-11(15)6-13(10)16)14(19)7-12-8-17-4-5-20-12/h2-3,6,12,17H,4-5,7-9H2,1H3. The number of benzene rings is 1. The quantitative estimate of drug-likeness (QED) is 0.906. The van der Waals surface area contributed by atoms with Crippen molar-refractivity contribution in [1.82, 2.24) is 10.2 Å². The van der Waals surface area contributed by atoms with Gasteiger partial charge in [-0.15, -0.1) is 0 Å². The first-order valence-corrected chi connectivity index (χ1v) is 6.56. The van der Waals surface area contributed by atoms with E-state index in [0.29, 0.717) is 18.7 Å². The van der Waals surface area contributed by atoms with Crippen LogP contribution in [0.4, 0.5) is 8.78 Å². The van der Waals surface area contributed by atoms with Gasteiger partial charge in [0.05, 0.1) is 19.1 Å². The van der Waals surface area contributed by atoms with Crippen LogP contribution in [0.15, 0.2) is 18.2 Å². The topological polar surface area (TPSA) is 41.6 Å². The van der Waals surface area contributed by atoms with Gasteiger partial charge in [-0.3, -0.25) is 4.79 Å². The smallest absolute Gasteiger partial charge is 0.225 e. The fraction of sp³-hybridized carbons (Fsp3) is 0.500. The van der Waals surface area contributed by atoms with E-state index >= 15 is 0 Å². The molecule has 1 aliphatic rings. The minimum absolute atomic E-state index is 0.116. The third kappa shape index (κ3) is 3.98. The lowest BCUT2D eigenvalue weighted by atomic mass is 10.1. The van der Waals surface area contributed by atoms with Gasteiger partial charge >= 0.3 is 0 Å². The maximum atomic E-state index is 13.5. The second kappa shape index (κ2) is 6.76. The van der Waals surface area contributed by atoms with E-state index in [1.807, 2.05) is 0 Å². The van der Waals surface area contributed by atoms with Gasteiger partial charge < -0.3 is 15.0 Å². The fourth-order valence-corrected chi connectivity index (χ4v) is 2.10. The molecule has 0 bridgehead atoms. The van der Waals surface area contributed by atoms with Gasteiger partial charge in [0.1, 0.15) is 11.6 Å². The summed E-state index contributed by atoms with van der Waals surface area (Å²) in [5, 5.41) is 3.15. The highest BCUT2D eigenvalue weighted by Gasteiger charge is 2.20. The number of amides is 1. The molecular weight excluding hydrogens is 266 g/mol. The molecule has 1 fully saturated rings. The number of carbonyl (C=O) groups is 1. The van der Waals surface area contributed by atoms with Crippen LogP contribution < -0.4 is 5.32 Å². The molecular formula is C14H18F2N2O2. The molecule has 110 valence electrons.